The van der Waals surface area contributed by atoms with Gasteiger partial charge in [-0.05, 0) is 83.9 Å². The lowest BCUT2D eigenvalue weighted by molar-refractivity contribution is 0.620. The van der Waals surface area contributed by atoms with Crippen LogP contribution in [0.3, 0.4) is 0 Å². The van der Waals surface area contributed by atoms with Gasteiger partial charge in [-0.3, -0.25) is 0 Å². The predicted molar refractivity (Wildman–Crippen MR) is 167 cm³/mol. The van der Waals surface area contributed by atoms with Crippen molar-refractivity contribution in [3.05, 3.63) is 146 Å². The summed E-state index contributed by atoms with van der Waals surface area (Å²) in [7, 11) is 0. The van der Waals surface area contributed by atoms with Gasteiger partial charge < -0.3 is 13.7 Å². The van der Waals surface area contributed by atoms with E-state index in [1.807, 2.05) is 48.5 Å². The predicted octanol–water partition coefficient (Wildman–Crippen LogP) is 10.5. The Kier molecular flexibility index (Phi) is 5.42. The van der Waals surface area contributed by atoms with Gasteiger partial charge in [-0.2, -0.15) is 0 Å². The lowest BCUT2D eigenvalue weighted by atomic mass is 10.0. The van der Waals surface area contributed by atoms with E-state index < -0.39 is 0 Å². The first-order chi connectivity index (χ1) is 20.3. The van der Waals surface area contributed by atoms with E-state index in [4.69, 9.17) is 13.8 Å². The number of furan rings is 1. The van der Waals surface area contributed by atoms with Crippen molar-refractivity contribution in [1.82, 2.24) is 4.98 Å². The molecule has 6 aromatic carbocycles. The Morgan fingerprint density at radius 1 is 0.415 bits per heavy atom. The number of oxazole rings is 1. The van der Waals surface area contributed by atoms with Crippen LogP contribution in [-0.4, -0.2) is 4.98 Å². The van der Waals surface area contributed by atoms with Gasteiger partial charge in [0.2, 0.25) is 5.89 Å². The lowest BCUT2D eigenvalue weighted by Crippen LogP contribution is -2.09. The molecule has 0 N–H and O–H groups in total. The Balaban J connectivity index is 1.25. The first kappa shape index (κ1) is 23.3. The number of rotatable bonds is 5. The van der Waals surface area contributed by atoms with E-state index in [0.29, 0.717) is 5.89 Å². The van der Waals surface area contributed by atoms with Crippen molar-refractivity contribution in [3.63, 3.8) is 0 Å². The topological polar surface area (TPSA) is 42.4 Å². The second-order valence-electron chi connectivity index (χ2n) is 10.1. The molecule has 0 fully saturated rings. The minimum absolute atomic E-state index is 0.600. The number of fused-ring (bicyclic) bond motifs is 4. The molecular weight excluding hydrogens is 504 g/mol. The van der Waals surface area contributed by atoms with Crippen LogP contribution in [0.15, 0.2) is 154 Å². The van der Waals surface area contributed by atoms with E-state index in [0.717, 1.165) is 55.7 Å². The smallest absolute Gasteiger partial charge is 0.227 e. The quantitative estimate of drug-likeness (QED) is 0.223. The van der Waals surface area contributed by atoms with Crippen molar-refractivity contribution in [2.24, 2.45) is 0 Å². The van der Waals surface area contributed by atoms with E-state index in [1.165, 1.54) is 11.1 Å². The molecule has 0 aliphatic rings. The Morgan fingerprint density at radius 2 is 1.00 bits per heavy atom. The van der Waals surface area contributed by atoms with E-state index in [2.05, 4.69) is 102 Å². The van der Waals surface area contributed by atoms with Gasteiger partial charge in [-0.25, -0.2) is 4.98 Å². The molecule has 0 radical (unpaired) electrons. The third-order valence-corrected chi connectivity index (χ3v) is 7.50. The highest BCUT2D eigenvalue weighted by Crippen LogP contribution is 2.40. The summed E-state index contributed by atoms with van der Waals surface area (Å²) in [5.74, 6) is 0.600. The van der Waals surface area contributed by atoms with Gasteiger partial charge in [0.25, 0.3) is 0 Å². The minimum Gasteiger partial charge on any atom is -0.456 e. The van der Waals surface area contributed by atoms with Gasteiger partial charge in [0.05, 0.1) is 0 Å². The molecule has 0 amide bonds. The second-order valence-corrected chi connectivity index (χ2v) is 10.1. The van der Waals surface area contributed by atoms with Crippen LogP contribution in [-0.2, 0) is 0 Å². The molecule has 0 spiro atoms. The van der Waals surface area contributed by atoms with Crippen LogP contribution in [0.25, 0.3) is 55.6 Å². The van der Waals surface area contributed by atoms with Crippen LogP contribution < -0.4 is 4.90 Å². The minimum atomic E-state index is 0.600. The van der Waals surface area contributed by atoms with Gasteiger partial charge in [0, 0.05) is 33.4 Å². The number of anilines is 3. The zero-order valence-corrected chi connectivity index (χ0v) is 22.1. The molecule has 41 heavy (non-hydrogen) atoms. The average Bonchev–Trinajstić information content (AvgIpc) is 3.64. The summed E-state index contributed by atoms with van der Waals surface area (Å²) in [6.45, 7) is 0. The van der Waals surface area contributed by atoms with Crippen LogP contribution in [0, 0.1) is 0 Å². The molecule has 2 aromatic heterocycles. The third kappa shape index (κ3) is 4.14. The second kappa shape index (κ2) is 9.54. The largest absolute Gasteiger partial charge is 0.456 e. The molecule has 8 aromatic rings. The number of aromatic nitrogens is 1. The first-order valence-electron chi connectivity index (χ1n) is 13.6. The number of para-hydroxylation sites is 3. The van der Waals surface area contributed by atoms with Crippen molar-refractivity contribution in [2.75, 3.05) is 4.90 Å². The van der Waals surface area contributed by atoms with Gasteiger partial charge in [0.1, 0.15) is 16.7 Å². The van der Waals surface area contributed by atoms with Gasteiger partial charge >= 0.3 is 0 Å². The molecule has 8 rings (SSSR count). The molecule has 0 aliphatic heterocycles. The summed E-state index contributed by atoms with van der Waals surface area (Å²) in [4.78, 5) is 6.98. The Morgan fingerprint density at radius 3 is 1.78 bits per heavy atom. The standard InChI is InChI=1S/C37H24N2O2/c1-3-9-25(10-4-1)26-15-18-29(19-16-26)39(28-11-5-2-6-12-28)30-20-22-35-32(24-30)31-23-27(17-21-34(31)40-35)37-38-33-13-7-8-14-36(33)41-37/h1-24H. The fraction of sp³-hybridized carbons (Fsp3) is 0. The summed E-state index contributed by atoms with van der Waals surface area (Å²) in [6, 6.07) is 49.9. The lowest BCUT2D eigenvalue weighted by Gasteiger charge is -2.25. The van der Waals surface area contributed by atoms with E-state index in [9.17, 15) is 0 Å². The van der Waals surface area contributed by atoms with Gasteiger partial charge in [-0.15, -0.1) is 0 Å². The Bertz CT molecular complexity index is 2110. The highest BCUT2D eigenvalue weighted by Gasteiger charge is 2.17. The molecular formula is C37H24N2O2. The van der Waals surface area contributed by atoms with Crippen molar-refractivity contribution in [2.45, 2.75) is 0 Å². The Hall–Kier alpha value is -5.61. The van der Waals surface area contributed by atoms with Crippen LogP contribution >= 0.6 is 0 Å². The molecule has 0 saturated heterocycles. The summed E-state index contributed by atoms with van der Waals surface area (Å²) in [5.41, 5.74) is 9.80. The highest BCUT2D eigenvalue weighted by molar-refractivity contribution is 6.07. The third-order valence-electron chi connectivity index (χ3n) is 7.50. The number of benzene rings is 6. The van der Waals surface area contributed by atoms with Crippen LogP contribution in [0.5, 0.6) is 0 Å². The van der Waals surface area contributed by atoms with Crippen LogP contribution in [0.1, 0.15) is 0 Å². The van der Waals surface area contributed by atoms with Crippen LogP contribution in [0.4, 0.5) is 17.1 Å². The number of hydrogen-bond donors (Lipinski definition) is 0. The molecule has 0 saturated carbocycles. The summed E-state index contributed by atoms with van der Waals surface area (Å²) in [5, 5.41) is 2.06. The van der Waals surface area contributed by atoms with Gasteiger partial charge in [-0.1, -0.05) is 72.8 Å². The molecule has 194 valence electrons. The fourth-order valence-corrected chi connectivity index (χ4v) is 5.49. The van der Waals surface area contributed by atoms with Gasteiger partial charge in [0.15, 0.2) is 5.58 Å². The maximum Gasteiger partial charge on any atom is 0.227 e. The zero-order valence-electron chi connectivity index (χ0n) is 22.1. The van der Waals surface area contributed by atoms with Crippen molar-refractivity contribution < 1.29 is 8.83 Å². The normalized spacial score (nSPS) is 11.4. The molecule has 0 aliphatic carbocycles. The summed E-state index contributed by atoms with van der Waals surface area (Å²) in [6.07, 6.45) is 0. The Labute approximate surface area is 236 Å². The number of nitrogens with zero attached hydrogens (tertiary/aromatic N) is 2. The SMILES string of the molecule is c1ccc(-c2ccc(N(c3ccccc3)c3ccc4oc5ccc(-c6nc7ccccc7o6)cc5c4c3)cc2)cc1. The maximum atomic E-state index is 6.24. The van der Waals surface area contributed by atoms with Crippen molar-refractivity contribution in [1.29, 1.82) is 0 Å². The average molecular weight is 529 g/mol. The van der Waals surface area contributed by atoms with Crippen molar-refractivity contribution >= 4 is 50.1 Å². The zero-order chi connectivity index (χ0) is 27.2. The molecule has 2 heterocycles. The molecule has 4 nitrogen and oxygen atoms in total. The summed E-state index contributed by atoms with van der Waals surface area (Å²) < 4.78 is 12.3. The van der Waals surface area contributed by atoms with E-state index >= 15 is 0 Å². The molecule has 0 atom stereocenters. The summed E-state index contributed by atoms with van der Waals surface area (Å²) >= 11 is 0. The first-order valence-corrected chi connectivity index (χ1v) is 13.6. The van der Waals surface area contributed by atoms with Crippen molar-refractivity contribution in [3.8, 4) is 22.6 Å². The molecule has 4 heteroatoms. The monoisotopic (exact) mass is 528 g/mol. The molecule has 0 bridgehead atoms. The fourth-order valence-electron chi connectivity index (χ4n) is 5.49. The maximum absolute atomic E-state index is 6.24. The highest BCUT2D eigenvalue weighted by atomic mass is 16.3. The van der Waals surface area contributed by atoms with E-state index in [-0.39, 0.29) is 0 Å². The van der Waals surface area contributed by atoms with Crippen LogP contribution in [0.2, 0.25) is 0 Å². The van der Waals surface area contributed by atoms with E-state index in [1.54, 1.807) is 0 Å². The molecule has 0 unspecified atom stereocenters. The number of hydrogen-bond acceptors (Lipinski definition) is 4.